The zero-order chi connectivity index (χ0) is 13.8. The lowest BCUT2D eigenvalue weighted by molar-refractivity contribution is -0.120. The topological polar surface area (TPSA) is 41.1 Å². The van der Waals surface area contributed by atoms with E-state index in [0.717, 1.165) is 18.0 Å². The van der Waals surface area contributed by atoms with Crippen LogP contribution in [0.25, 0.3) is 0 Å². The van der Waals surface area contributed by atoms with Crippen molar-refractivity contribution in [3.63, 3.8) is 0 Å². The van der Waals surface area contributed by atoms with Gasteiger partial charge in [0, 0.05) is 10.0 Å². The van der Waals surface area contributed by atoms with Gasteiger partial charge in [0.15, 0.2) is 0 Å². The molecule has 5 heteroatoms. The fraction of sp³-hybridized carbons (Fsp3) is 0.500. The normalized spacial score (nSPS) is 16.2. The minimum atomic E-state index is -0.125. The molecule has 104 valence electrons. The van der Waals surface area contributed by atoms with Gasteiger partial charge >= 0.3 is 0 Å². The molecule has 0 heterocycles. The molecule has 19 heavy (non-hydrogen) atoms. The molecule has 3 nitrogen and oxygen atoms in total. The predicted molar refractivity (Wildman–Crippen MR) is 78.6 cm³/mol. The molecule has 1 aromatic rings. The number of hydrogen-bond donors (Lipinski definition) is 2. The number of halogens is 2. The number of rotatable bonds is 6. The molecule has 1 fully saturated rings. The van der Waals surface area contributed by atoms with Gasteiger partial charge in [-0.05, 0) is 49.9 Å². The SMILES string of the molecule is CC(NC(=O)CNCC1CC1)c1ccc(Cl)cc1Cl. The molecule has 0 aliphatic heterocycles. The van der Waals surface area contributed by atoms with Crippen LogP contribution in [-0.2, 0) is 4.79 Å². The molecule has 0 spiro atoms. The van der Waals surface area contributed by atoms with E-state index in [2.05, 4.69) is 10.6 Å². The van der Waals surface area contributed by atoms with Crippen molar-refractivity contribution in [2.45, 2.75) is 25.8 Å². The lowest BCUT2D eigenvalue weighted by Gasteiger charge is -2.16. The van der Waals surface area contributed by atoms with Gasteiger partial charge in [-0.15, -0.1) is 0 Å². The quantitative estimate of drug-likeness (QED) is 0.847. The second-order valence-electron chi connectivity index (χ2n) is 5.03. The summed E-state index contributed by atoms with van der Waals surface area (Å²) in [5.41, 5.74) is 0.876. The van der Waals surface area contributed by atoms with E-state index in [0.29, 0.717) is 16.6 Å². The maximum atomic E-state index is 11.8. The van der Waals surface area contributed by atoms with Crippen LogP contribution in [0, 0.1) is 5.92 Å². The predicted octanol–water partition coefficient (Wildman–Crippen LogP) is 3.17. The third-order valence-corrected chi connectivity index (χ3v) is 3.78. The fourth-order valence-corrected chi connectivity index (χ4v) is 2.51. The second-order valence-corrected chi connectivity index (χ2v) is 5.87. The first-order chi connectivity index (χ1) is 9.06. The largest absolute Gasteiger partial charge is 0.348 e. The van der Waals surface area contributed by atoms with Crippen molar-refractivity contribution in [2.75, 3.05) is 13.1 Å². The van der Waals surface area contributed by atoms with E-state index in [-0.39, 0.29) is 11.9 Å². The zero-order valence-corrected chi connectivity index (χ0v) is 12.4. The Morgan fingerprint density at radius 3 is 2.79 bits per heavy atom. The average molecular weight is 301 g/mol. The maximum Gasteiger partial charge on any atom is 0.234 e. The Hall–Kier alpha value is -0.770. The monoisotopic (exact) mass is 300 g/mol. The van der Waals surface area contributed by atoms with E-state index in [1.54, 1.807) is 12.1 Å². The van der Waals surface area contributed by atoms with Crippen LogP contribution in [0.4, 0.5) is 0 Å². The molecule has 2 N–H and O–H groups in total. The number of amides is 1. The molecule has 1 saturated carbocycles. The third kappa shape index (κ3) is 4.68. The molecule has 2 rings (SSSR count). The molecular weight excluding hydrogens is 283 g/mol. The van der Waals surface area contributed by atoms with Gasteiger partial charge in [-0.3, -0.25) is 4.79 Å². The number of benzene rings is 1. The van der Waals surface area contributed by atoms with Crippen LogP contribution in [0.1, 0.15) is 31.4 Å². The van der Waals surface area contributed by atoms with E-state index in [9.17, 15) is 4.79 Å². The Morgan fingerprint density at radius 1 is 1.42 bits per heavy atom. The first kappa shape index (κ1) is 14.6. The summed E-state index contributed by atoms with van der Waals surface area (Å²) in [6.07, 6.45) is 2.57. The van der Waals surface area contributed by atoms with Crippen molar-refractivity contribution in [1.82, 2.24) is 10.6 Å². The fourth-order valence-electron chi connectivity index (χ4n) is 1.93. The average Bonchev–Trinajstić information content (AvgIpc) is 3.12. The van der Waals surface area contributed by atoms with E-state index in [4.69, 9.17) is 23.2 Å². The standard InChI is InChI=1S/C14H18Cl2N2O/c1-9(12-5-4-11(15)6-13(12)16)18-14(19)8-17-7-10-2-3-10/h4-6,9-10,17H,2-3,7-8H2,1H3,(H,18,19). The molecule has 1 amide bonds. The lowest BCUT2D eigenvalue weighted by atomic mass is 10.1. The van der Waals surface area contributed by atoms with E-state index in [1.165, 1.54) is 12.8 Å². The van der Waals surface area contributed by atoms with Crippen LogP contribution in [0.15, 0.2) is 18.2 Å². The van der Waals surface area contributed by atoms with Crippen molar-refractivity contribution in [2.24, 2.45) is 5.92 Å². The highest BCUT2D eigenvalue weighted by Crippen LogP contribution is 2.27. The van der Waals surface area contributed by atoms with Gasteiger partial charge in [-0.1, -0.05) is 29.3 Å². The molecule has 1 unspecified atom stereocenters. The van der Waals surface area contributed by atoms with Crippen LogP contribution < -0.4 is 10.6 Å². The third-order valence-electron chi connectivity index (χ3n) is 3.22. The maximum absolute atomic E-state index is 11.8. The van der Waals surface area contributed by atoms with Gasteiger partial charge in [0.25, 0.3) is 0 Å². The lowest BCUT2D eigenvalue weighted by Crippen LogP contribution is -2.36. The van der Waals surface area contributed by atoms with Crippen molar-refractivity contribution < 1.29 is 4.79 Å². The second kappa shape index (κ2) is 6.60. The summed E-state index contributed by atoms with van der Waals surface area (Å²) < 4.78 is 0. The molecule has 1 aliphatic rings. The van der Waals surface area contributed by atoms with E-state index >= 15 is 0 Å². The first-order valence-corrected chi connectivity index (χ1v) is 7.27. The van der Waals surface area contributed by atoms with Gasteiger partial charge in [0.05, 0.1) is 12.6 Å². The number of carbonyl (C=O) groups is 1. The summed E-state index contributed by atoms with van der Waals surface area (Å²) in [6.45, 7) is 3.20. The minimum absolute atomic E-state index is 0.0147. The molecule has 0 aromatic heterocycles. The Kier molecular flexibility index (Phi) is 5.08. The summed E-state index contributed by atoms with van der Waals surface area (Å²) in [5, 5.41) is 7.25. The molecule has 1 aliphatic carbocycles. The van der Waals surface area contributed by atoms with Gasteiger partial charge in [-0.25, -0.2) is 0 Å². The number of hydrogen-bond acceptors (Lipinski definition) is 2. The van der Waals surface area contributed by atoms with E-state index in [1.807, 2.05) is 13.0 Å². The molecule has 0 radical (unpaired) electrons. The van der Waals surface area contributed by atoms with Gasteiger partial charge < -0.3 is 10.6 Å². The highest BCUT2D eigenvalue weighted by Gasteiger charge is 2.20. The highest BCUT2D eigenvalue weighted by atomic mass is 35.5. The van der Waals surface area contributed by atoms with E-state index < -0.39 is 0 Å². The number of carbonyl (C=O) groups excluding carboxylic acids is 1. The van der Waals surface area contributed by atoms with Crippen LogP contribution in [0.3, 0.4) is 0 Å². The minimum Gasteiger partial charge on any atom is -0.348 e. The van der Waals surface area contributed by atoms with Crippen molar-refractivity contribution in [3.05, 3.63) is 33.8 Å². The summed E-state index contributed by atoms with van der Waals surface area (Å²) in [6, 6.07) is 5.18. The molecule has 0 bridgehead atoms. The molecule has 1 aromatic carbocycles. The van der Waals surface area contributed by atoms with Crippen LogP contribution in [0.2, 0.25) is 10.0 Å². The Morgan fingerprint density at radius 2 is 2.16 bits per heavy atom. The summed E-state index contributed by atoms with van der Waals surface area (Å²) in [7, 11) is 0. The number of nitrogens with one attached hydrogen (secondary N) is 2. The smallest absolute Gasteiger partial charge is 0.234 e. The Labute approximate surface area is 123 Å². The van der Waals surface area contributed by atoms with Crippen LogP contribution >= 0.6 is 23.2 Å². The summed E-state index contributed by atoms with van der Waals surface area (Å²) in [4.78, 5) is 11.8. The van der Waals surface area contributed by atoms with Gasteiger partial charge in [0.1, 0.15) is 0 Å². The molecular formula is C14H18Cl2N2O. The Bertz CT molecular complexity index is 461. The highest BCUT2D eigenvalue weighted by molar-refractivity contribution is 6.35. The summed E-state index contributed by atoms with van der Waals surface area (Å²) in [5.74, 6) is 0.759. The van der Waals surface area contributed by atoms with Crippen LogP contribution in [0.5, 0.6) is 0 Å². The van der Waals surface area contributed by atoms with Gasteiger partial charge in [0.2, 0.25) is 5.91 Å². The van der Waals surface area contributed by atoms with Crippen LogP contribution in [-0.4, -0.2) is 19.0 Å². The van der Waals surface area contributed by atoms with Crippen molar-refractivity contribution >= 4 is 29.1 Å². The molecule has 1 atom stereocenters. The summed E-state index contributed by atoms with van der Waals surface area (Å²) >= 11 is 12.0. The first-order valence-electron chi connectivity index (χ1n) is 6.51. The molecule has 0 saturated heterocycles. The Balaban J connectivity index is 1.81. The van der Waals surface area contributed by atoms with Crippen molar-refractivity contribution in [1.29, 1.82) is 0 Å². The zero-order valence-electron chi connectivity index (χ0n) is 10.9. The van der Waals surface area contributed by atoms with Gasteiger partial charge in [-0.2, -0.15) is 0 Å². The van der Waals surface area contributed by atoms with Crippen molar-refractivity contribution in [3.8, 4) is 0 Å².